The van der Waals surface area contributed by atoms with Crippen molar-refractivity contribution in [2.75, 3.05) is 25.5 Å². The minimum atomic E-state index is -0.292. The Kier molecular flexibility index (Phi) is 6.48. The lowest BCUT2D eigenvalue weighted by atomic mass is 9.92. The van der Waals surface area contributed by atoms with Crippen LogP contribution in [0.3, 0.4) is 0 Å². The van der Waals surface area contributed by atoms with Crippen LogP contribution in [0.15, 0.2) is 24.3 Å². The molecule has 0 aliphatic carbocycles. The van der Waals surface area contributed by atoms with Crippen molar-refractivity contribution in [3.63, 3.8) is 0 Å². The summed E-state index contributed by atoms with van der Waals surface area (Å²) in [6.07, 6.45) is 0. The van der Waals surface area contributed by atoms with E-state index in [1.54, 1.807) is 40.9 Å². The fraction of sp³-hybridized carbons (Fsp3) is 0.476. The highest BCUT2D eigenvalue weighted by Crippen LogP contribution is 2.24. The monoisotopic (exact) mass is 386 g/mol. The maximum Gasteiger partial charge on any atom is 0.273 e. The number of nitrogens with zero attached hydrogens (tertiary/aromatic N) is 3. The van der Waals surface area contributed by atoms with Crippen molar-refractivity contribution in [3.8, 4) is 5.75 Å². The van der Waals surface area contributed by atoms with Crippen molar-refractivity contribution in [2.45, 2.75) is 40.0 Å². The molecule has 2 amide bonds. The zero-order chi connectivity index (χ0) is 21.1. The molecule has 0 aliphatic heterocycles. The summed E-state index contributed by atoms with van der Waals surface area (Å²) in [4.78, 5) is 27.2. The SMILES string of the molecule is CCN(CC)C(=O)c1cc(NC(=O)c2cc(C(C)(C)C)nn2C)cc(OC)c1. The van der Waals surface area contributed by atoms with Crippen LogP contribution in [-0.2, 0) is 12.5 Å². The van der Waals surface area contributed by atoms with E-state index in [1.807, 2.05) is 34.6 Å². The summed E-state index contributed by atoms with van der Waals surface area (Å²) in [5.74, 6) is 0.114. The summed E-state index contributed by atoms with van der Waals surface area (Å²) < 4.78 is 6.88. The number of benzene rings is 1. The molecule has 0 atom stereocenters. The van der Waals surface area contributed by atoms with Gasteiger partial charge in [-0.2, -0.15) is 5.10 Å². The lowest BCUT2D eigenvalue weighted by Crippen LogP contribution is -2.30. The minimum absolute atomic E-state index is 0.102. The second kappa shape index (κ2) is 8.46. The van der Waals surface area contributed by atoms with Gasteiger partial charge in [0.1, 0.15) is 11.4 Å². The molecule has 0 aliphatic rings. The predicted molar refractivity (Wildman–Crippen MR) is 110 cm³/mol. The number of methoxy groups -OCH3 is 1. The molecule has 7 nitrogen and oxygen atoms in total. The number of hydrogen-bond donors (Lipinski definition) is 1. The molecule has 152 valence electrons. The van der Waals surface area contributed by atoms with Crippen molar-refractivity contribution in [3.05, 3.63) is 41.2 Å². The van der Waals surface area contributed by atoms with Crippen LogP contribution < -0.4 is 10.1 Å². The van der Waals surface area contributed by atoms with E-state index in [0.717, 1.165) is 5.69 Å². The number of carbonyl (C=O) groups excluding carboxylic acids is 2. The Morgan fingerprint density at radius 1 is 1.14 bits per heavy atom. The molecule has 7 heteroatoms. The average Bonchev–Trinajstić information content (AvgIpc) is 3.04. The van der Waals surface area contributed by atoms with Gasteiger partial charge in [-0.3, -0.25) is 14.3 Å². The van der Waals surface area contributed by atoms with Crippen LogP contribution in [0.4, 0.5) is 5.69 Å². The quantitative estimate of drug-likeness (QED) is 0.825. The van der Waals surface area contributed by atoms with Crippen LogP contribution in [-0.4, -0.2) is 46.7 Å². The smallest absolute Gasteiger partial charge is 0.273 e. The summed E-state index contributed by atoms with van der Waals surface area (Å²) >= 11 is 0. The molecule has 2 rings (SSSR count). The molecule has 28 heavy (non-hydrogen) atoms. The van der Waals surface area contributed by atoms with Crippen LogP contribution in [0.2, 0.25) is 0 Å². The van der Waals surface area contributed by atoms with Crippen molar-refractivity contribution in [2.24, 2.45) is 7.05 Å². The van der Waals surface area contributed by atoms with Gasteiger partial charge in [0, 0.05) is 42.9 Å². The largest absolute Gasteiger partial charge is 0.497 e. The van der Waals surface area contributed by atoms with Gasteiger partial charge in [-0.25, -0.2) is 0 Å². The first kappa shape index (κ1) is 21.5. The van der Waals surface area contributed by atoms with Gasteiger partial charge in [0.15, 0.2) is 0 Å². The van der Waals surface area contributed by atoms with Crippen molar-refractivity contribution in [1.82, 2.24) is 14.7 Å². The molecule has 0 saturated carbocycles. The average molecular weight is 386 g/mol. The van der Waals surface area contributed by atoms with Crippen LogP contribution in [0.5, 0.6) is 5.75 Å². The summed E-state index contributed by atoms with van der Waals surface area (Å²) in [6.45, 7) is 11.2. The van der Waals surface area contributed by atoms with Crippen LogP contribution >= 0.6 is 0 Å². The molecule has 0 radical (unpaired) electrons. The number of ether oxygens (including phenoxy) is 1. The Morgan fingerprint density at radius 2 is 1.79 bits per heavy atom. The van der Waals surface area contributed by atoms with E-state index in [4.69, 9.17) is 4.74 Å². The van der Waals surface area contributed by atoms with E-state index < -0.39 is 0 Å². The lowest BCUT2D eigenvalue weighted by molar-refractivity contribution is 0.0772. The molecule has 0 saturated heterocycles. The predicted octanol–water partition coefficient (Wildman–Crippen LogP) is 3.46. The number of aryl methyl sites for hydroxylation is 1. The fourth-order valence-electron chi connectivity index (χ4n) is 2.85. The van der Waals surface area contributed by atoms with Crippen molar-refractivity contribution >= 4 is 17.5 Å². The summed E-state index contributed by atoms with van der Waals surface area (Å²) in [5, 5.41) is 7.30. The zero-order valence-corrected chi connectivity index (χ0v) is 17.8. The Morgan fingerprint density at radius 3 is 2.29 bits per heavy atom. The first-order valence-corrected chi connectivity index (χ1v) is 9.44. The topological polar surface area (TPSA) is 76.5 Å². The molecule has 1 heterocycles. The van der Waals surface area contributed by atoms with Gasteiger partial charge in [-0.05, 0) is 32.0 Å². The van der Waals surface area contributed by atoms with Gasteiger partial charge in [0.2, 0.25) is 0 Å². The highest BCUT2D eigenvalue weighted by atomic mass is 16.5. The van der Waals surface area contributed by atoms with E-state index in [9.17, 15) is 9.59 Å². The standard InChI is InChI=1S/C21H30N4O3/c1-8-25(9-2)20(27)14-10-15(12-16(11-14)28-7)22-19(26)17-13-18(21(3,4)5)23-24(17)6/h10-13H,8-9H2,1-7H3,(H,22,26). The Labute approximate surface area is 166 Å². The van der Waals surface area contributed by atoms with E-state index in [1.165, 1.54) is 7.11 Å². The Bertz CT molecular complexity index is 861. The third-order valence-corrected chi connectivity index (χ3v) is 4.58. The molecule has 1 N–H and O–H groups in total. The van der Waals surface area contributed by atoms with E-state index in [-0.39, 0.29) is 17.2 Å². The second-order valence-electron chi connectivity index (χ2n) is 7.67. The van der Waals surface area contributed by atoms with Gasteiger partial charge in [-0.1, -0.05) is 20.8 Å². The summed E-state index contributed by atoms with van der Waals surface area (Å²) in [7, 11) is 3.27. The highest BCUT2D eigenvalue weighted by molar-refractivity contribution is 6.04. The zero-order valence-electron chi connectivity index (χ0n) is 17.8. The molecule has 0 spiro atoms. The normalized spacial score (nSPS) is 11.2. The number of hydrogen-bond acceptors (Lipinski definition) is 4. The molecule has 1 aromatic heterocycles. The fourth-order valence-corrected chi connectivity index (χ4v) is 2.85. The second-order valence-corrected chi connectivity index (χ2v) is 7.67. The maximum atomic E-state index is 12.8. The van der Waals surface area contributed by atoms with Crippen LogP contribution in [0.1, 0.15) is 61.2 Å². The van der Waals surface area contributed by atoms with E-state index in [0.29, 0.717) is 35.8 Å². The Hall–Kier alpha value is -2.83. The molecule has 2 aromatic rings. The van der Waals surface area contributed by atoms with Gasteiger partial charge in [-0.15, -0.1) is 0 Å². The first-order valence-electron chi connectivity index (χ1n) is 9.44. The summed E-state index contributed by atoms with van der Waals surface area (Å²) in [6, 6.07) is 6.83. The number of carbonyl (C=O) groups is 2. The molecular formula is C21H30N4O3. The minimum Gasteiger partial charge on any atom is -0.497 e. The summed E-state index contributed by atoms with van der Waals surface area (Å²) in [5.41, 5.74) is 2.10. The molecule has 0 bridgehead atoms. The maximum absolute atomic E-state index is 12.8. The Balaban J connectivity index is 2.33. The number of aromatic nitrogens is 2. The lowest BCUT2D eigenvalue weighted by Gasteiger charge is -2.19. The number of anilines is 1. The van der Waals surface area contributed by atoms with Gasteiger partial charge in [0.25, 0.3) is 11.8 Å². The van der Waals surface area contributed by atoms with Crippen LogP contribution in [0.25, 0.3) is 0 Å². The molecule has 1 aromatic carbocycles. The van der Waals surface area contributed by atoms with Gasteiger partial charge < -0.3 is 15.0 Å². The number of rotatable bonds is 6. The van der Waals surface area contributed by atoms with Gasteiger partial charge >= 0.3 is 0 Å². The first-order chi connectivity index (χ1) is 13.1. The van der Waals surface area contributed by atoms with E-state index >= 15 is 0 Å². The van der Waals surface area contributed by atoms with Crippen molar-refractivity contribution < 1.29 is 14.3 Å². The molecule has 0 unspecified atom stereocenters. The third-order valence-electron chi connectivity index (χ3n) is 4.58. The van der Waals surface area contributed by atoms with E-state index in [2.05, 4.69) is 10.4 Å². The number of amides is 2. The molecule has 0 fully saturated rings. The van der Waals surface area contributed by atoms with Crippen molar-refractivity contribution in [1.29, 1.82) is 0 Å². The van der Waals surface area contributed by atoms with Gasteiger partial charge in [0.05, 0.1) is 12.8 Å². The molecular weight excluding hydrogens is 356 g/mol. The van der Waals surface area contributed by atoms with Crippen LogP contribution in [0, 0.1) is 0 Å². The third kappa shape index (κ3) is 4.71. The number of nitrogens with one attached hydrogen (secondary N) is 1. The highest BCUT2D eigenvalue weighted by Gasteiger charge is 2.22.